The summed E-state index contributed by atoms with van der Waals surface area (Å²) < 4.78 is 1.60. The monoisotopic (exact) mass is 856 g/mol. The Bertz CT molecular complexity index is 2130. The molecule has 0 bridgehead atoms. The van der Waals surface area contributed by atoms with E-state index in [1.165, 1.54) is 78.1 Å². The standard InChI is InChI=1S/C27H29.C15H14.C11H17.2ClH.Zr/c1-16-7-9-26(3,4)24-12-18-11-19-13-25-21(17(2)8-10-27(25,5)6)15-23(19)22(18)14-20(16)24;1-3-8-14(9-4-1)12-7-13-15-10-5-2-6-11-15;1-5-9-6-7-10(8-9)11(2,3)4;;;/h7-8,11-15H,9-10H2,1-6H3;1-6,8-11H,12-13H2;7-9H,5H2,1-4H3;2*1H;/q-1;;-1;;;+2/p-2. The molecule has 0 N–H and O–H groups in total. The number of hydrogen-bond donors (Lipinski definition) is 0. The fourth-order valence-corrected chi connectivity index (χ4v) is 9.10. The van der Waals surface area contributed by atoms with E-state index in [2.05, 4.69) is 191 Å². The van der Waals surface area contributed by atoms with Gasteiger partial charge in [-0.15, -0.1) is 39.7 Å². The van der Waals surface area contributed by atoms with E-state index >= 15 is 0 Å². The molecule has 0 spiro atoms. The first kappa shape index (κ1) is 45.7. The molecule has 0 radical (unpaired) electrons. The van der Waals surface area contributed by atoms with Crippen molar-refractivity contribution < 1.29 is 49.0 Å². The van der Waals surface area contributed by atoms with Crippen molar-refractivity contribution in [3.8, 4) is 0 Å². The van der Waals surface area contributed by atoms with Crippen LogP contribution in [0.1, 0.15) is 122 Å². The summed E-state index contributed by atoms with van der Waals surface area (Å²) in [6.07, 6.45) is 18.3. The van der Waals surface area contributed by atoms with Crippen molar-refractivity contribution >= 4 is 35.9 Å². The van der Waals surface area contributed by atoms with Gasteiger partial charge in [-0.3, -0.25) is 6.08 Å². The van der Waals surface area contributed by atoms with Gasteiger partial charge in [0.1, 0.15) is 0 Å². The van der Waals surface area contributed by atoms with Crippen LogP contribution >= 0.6 is 0 Å². The predicted molar refractivity (Wildman–Crippen MR) is 234 cm³/mol. The van der Waals surface area contributed by atoms with Gasteiger partial charge in [0.25, 0.3) is 0 Å². The maximum atomic E-state index is 3.35. The molecule has 1 unspecified atom stereocenters. The number of benzene rings is 4. The van der Waals surface area contributed by atoms with Crippen LogP contribution in [-0.4, -0.2) is 3.21 Å². The third-order valence-electron chi connectivity index (χ3n) is 11.8. The SMILES string of the molecule is CC1=CCC(C)(C)c2cc3[cH-]c4cc5c(cc4c3cc21)C(C)=CCC5(C)C.CCC1[C-]=CC(C(C)(C)C)=C1.[Cl-].[Cl-].[Zr+2]=[C](Cc1ccccc1)Cc1ccccc1. The van der Waals surface area contributed by atoms with Crippen molar-refractivity contribution in [3.05, 3.63) is 160 Å². The number of rotatable bonds is 5. The Balaban J connectivity index is 0.000000205. The van der Waals surface area contributed by atoms with Crippen LogP contribution in [0.25, 0.3) is 32.7 Å². The first-order valence-electron chi connectivity index (χ1n) is 20.1. The van der Waals surface area contributed by atoms with E-state index in [1.54, 1.807) is 27.4 Å². The zero-order chi connectivity index (χ0) is 38.8. The van der Waals surface area contributed by atoms with E-state index in [0.29, 0.717) is 11.3 Å². The Morgan fingerprint density at radius 3 is 1.50 bits per heavy atom. The summed E-state index contributed by atoms with van der Waals surface area (Å²) >= 11 is 1.55. The van der Waals surface area contributed by atoms with Crippen molar-refractivity contribution in [3.63, 3.8) is 0 Å². The normalized spacial score (nSPS) is 17.4. The van der Waals surface area contributed by atoms with Crippen molar-refractivity contribution in [2.24, 2.45) is 11.3 Å². The van der Waals surface area contributed by atoms with Crippen LogP contribution < -0.4 is 24.8 Å². The Morgan fingerprint density at radius 2 is 1.14 bits per heavy atom. The minimum atomic E-state index is 0. The first-order chi connectivity index (χ1) is 25.6. The summed E-state index contributed by atoms with van der Waals surface area (Å²) in [5, 5.41) is 5.61. The van der Waals surface area contributed by atoms with Crippen LogP contribution in [0.2, 0.25) is 0 Å². The van der Waals surface area contributed by atoms with E-state index in [4.69, 9.17) is 0 Å². The van der Waals surface area contributed by atoms with Gasteiger partial charge < -0.3 is 24.8 Å². The average Bonchev–Trinajstić information content (AvgIpc) is 3.77. The zero-order valence-electron chi connectivity index (χ0n) is 35.3. The van der Waals surface area contributed by atoms with Gasteiger partial charge in [-0.1, -0.05) is 109 Å². The molecule has 0 nitrogen and oxygen atoms in total. The van der Waals surface area contributed by atoms with Crippen LogP contribution in [0.15, 0.2) is 121 Å². The molecule has 0 saturated heterocycles. The minimum absolute atomic E-state index is 0. The van der Waals surface area contributed by atoms with Gasteiger partial charge in [-0.25, -0.2) is 6.08 Å². The van der Waals surface area contributed by atoms with Crippen LogP contribution in [0, 0.1) is 17.4 Å². The van der Waals surface area contributed by atoms with Crippen LogP contribution in [0.4, 0.5) is 0 Å². The Morgan fingerprint density at radius 1 is 0.714 bits per heavy atom. The molecular formula is C53H60Cl2Zr-2. The number of fused-ring (bicyclic) bond motifs is 5. The van der Waals surface area contributed by atoms with Crippen LogP contribution in [0.3, 0.4) is 0 Å². The predicted octanol–water partition coefficient (Wildman–Crippen LogP) is 8.44. The molecule has 3 heteroatoms. The van der Waals surface area contributed by atoms with Gasteiger partial charge in [0.05, 0.1) is 0 Å². The van der Waals surface area contributed by atoms with Gasteiger partial charge in [0.15, 0.2) is 0 Å². The second kappa shape index (κ2) is 18.7. The molecule has 292 valence electrons. The van der Waals surface area contributed by atoms with Crippen molar-refractivity contribution in [1.29, 1.82) is 0 Å². The Labute approximate surface area is 366 Å². The number of allylic oxidation sites excluding steroid dienone is 8. The molecule has 0 amide bonds. The molecular weight excluding hydrogens is 799 g/mol. The molecule has 0 aromatic heterocycles. The maximum absolute atomic E-state index is 3.35. The summed E-state index contributed by atoms with van der Waals surface area (Å²) in [6.45, 7) is 23.0. The second-order valence-corrected chi connectivity index (χ2v) is 19.9. The topological polar surface area (TPSA) is 0 Å². The van der Waals surface area contributed by atoms with E-state index in [9.17, 15) is 0 Å². The second-order valence-electron chi connectivity index (χ2n) is 18.2. The van der Waals surface area contributed by atoms with E-state index in [0.717, 1.165) is 25.7 Å². The summed E-state index contributed by atoms with van der Waals surface area (Å²) in [6, 6.07) is 33.7. The molecule has 56 heavy (non-hydrogen) atoms. The van der Waals surface area contributed by atoms with Crippen LogP contribution in [0.5, 0.6) is 0 Å². The van der Waals surface area contributed by atoms with Gasteiger partial charge in [0.2, 0.25) is 0 Å². The molecule has 1 atom stereocenters. The van der Waals surface area contributed by atoms with Gasteiger partial charge in [0, 0.05) is 0 Å². The summed E-state index contributed by atoms with van der Waals surface area (Å²) in [4.78, 5) is 0. The molecule has 5 aromatic carbocycles. The van der Waals surface area contributed by atoms with Crippen molar-refractivity contribution in [1.82, 2.24) is 0 Å². The van der Waals surface area contributed by atoms with E-state index in [1.807, 2.05) is 0 Å². The summed E-state index contributed by atoms with van der Waals surface area (Å²) in [5.74, 6) is 0.573. The molecule has 0 saturated carbocycles. The summed E-state index contributed by atoms with van der Waals surface area (Å²) in [5.41, 5.74) is 13.8. The first-order valence-corrected chi connectivity index (χ1v) is 21.3. The molecule has 8 rings (SSSR count). The van der Waals surface area contributed by atoms with Gasteiger partial charge >= 0.3 is 112 Å². The van der Waals surface area contributed by atoms with Crippen molar-refractivity contribution in [2.75, 3.05) is 0 Å². The quantitative estimate of drug-likeness (QED) is 0.156. The Hall–Kier alpha value is -2.96. The zero-order valence-corrected chi connectivity index (χ0v) is 39.3. The fourth-order valence-electron chi connectivity index (χ4n) is 8.09. The third-order valence-corrected chi connectivity index (χ3v) is 12.7. The van der Waals surface area contributed by atoms with Gasteiger partial charge in [-0.2, -0.15) is 11.6 Å². The van der Waals surface area contributed by atoms with E-state index in [-0.39, 0.29) is 35.6 Å². The molecule has 3 aliphatic carbocycles. The van der Waals surface area contributed by atoms with E-state index < -0.39 is 0 Å². The number of halogens is 2. The Kier molecular flexibility index (Phi) is 15.3. The molecule has 0 aliphatic heterocycles. The molecule has 0 fully saturated rings. The summed E-state index contributed by atoms with van der Waals surface area (Å²) in [7, 11) is 0. The fraction of sp³-hybridized carbons (Fsp3) is 0.358. The van der Waals surface area contributed by atoms with Crippen LogP contribution in [-0.2, 0) is 47.9 Å². The molecule has 3 aliphatic rings. The third kappa shape index (κ3) is 10.6. The average molecular weight is 859 g/mol. The molecule has 5 aromatic rings. The van der Waals surface area contributed by atoms with Gasteiger partial charge in [-0.05, 0) is 59.8 Å². The molecule has 0 heterocycles. The van der Waals surface area contributed by atoms with Crippen molar-refractivity contribution in [2.45, 2.75) is 112 Å². The number of hydrogen-bond acceptors (Lipinski definition) is 0.